The number of hydrogen-bond donors (Lipinski definition) is 3. The fourth-order valence-electron chi connectivity index (χ4n) is 3.41. The molecule has 6 nitrogen and oxygen atoms in total. The molecule has 1 heterocycles. The molecule has 0 radical (unpaired) electrons. The van der Waals surface area contributed by atoms with Gasteiger partial charge in [0.2, 0.25) is 0 Å². The Morgan fingerprint density at radius 2 is 2.04 bits per heavy atom. The molecule has 126 valence electrons. The lowest BCUT2D eigenvalue weighted by molar-refractivity contribution is -0.906. The van der Waals surface area contributed by atoms with E-state index in [1.165, 1.54) is 0 Å². The average molecular weight is 341 g/mol. The maximum atomic E-state index is 12.7. The van der Waals surface area contributed by atoms with Gasteiger partial charge in [0.15, 0.2) is 6.04 Å². The van der Waals surface area contributed by atoms with Crippen molar-refractivity contribution in [1.82, 2.24) is 0 Å². The van der Waals surface area contributed by atoms with Gasteiger partial charge in [-0.3, -0.25) is 4.79 Å². The molecule has 0 bridgehead atoms. The molecule has 1 aliphatic heterocycles. The smallest absolute Gasteiger partial charge is 0.435 e. The fourth-order valence-corrected chi connectivity index (χ4v) is 3.52. The lowest BCUT2D eigenvalue weighted by atomic mass is 9.99. The van der Waals surface area contributed by atoms with Gasteiger partial charge < -0.3 is 16.2 Å². The maximum absolute atomic E-state index is 12.7. The molecule has 7 heteroatoms. The van der Waals surface area contributed by atoms with Gasteiger partial charge in [-0.2, -0.15) is 4.79 Å². The van der Waals surface area contributed by atoms with Crippen LogP contribution in [0.2, 0.25) is 5.02 Å². The van der Waals surface area contributed by atoms with Gasteiger partial charge in [-0.15, -0.1) is 0 Å². The minimum atomic E-state index is -0.967. The first-order valence-corrected chi connectivity index (χ1v) is 7.94. The molecular formula is C16H23ClN3O3+. The summed E-state index contributed by atoms with van der Waals surface area (Å²) in [5.74, 6) is -0.304. The highest BCUT2D eigenvalue weighted by molar-refractivity contribution is 6.33. The zero-order valence-electron chi connectivity index (χ0n) is 13.6. The Morgan fingerprint density at radius 3 is 2.57 bits per heavy atom. The Hall–Kier alpha value is -1.79. The van der Waals surface area contributed by atoms with Gasteiger partial charge in [-0.05, 0) is 39.0 Å². The zero-order chi connectivity index (χ0) is 17.4. The van der Waals surface area contributed by atoms with E-state index in [0.29, 0.717) is 35.8 Å². The summed E-state index contributed by atoms with van der Waals surface area (Å²) in [4.78, 5) is 24.7. The highest BCUT2D eigenvalue weighted by Crippen LogP contribution is 2.37. The Morgan fingerprint density at radius 1 is 1.39 bits per heavy atom. The van der Waals surface area contributed by atoms with Crippen molar-refractivity contribution in [3.05, 3.63) is 23.2 Å². The van der Waals surface area contributed by atoms with Gasteiger partial charge in [-0.1, -0.05) is 11.6 Å². The van der Waals surface area contributed by atoms with Crippen LogP contribution in [-0.2, 0) is 4.79 Å². The molecule has 23 heavy (non-hydrogen) atoms. The monoisotopic (exact) mass is 340 g/mol. The van der Waals surface area contributed by atoms with Crippen LogP contribution in [-0.4, -0.2) is 39.7 Å². The number of likely N-dealkylation sites (tertiary alicyclic amines) is 1. The SMILES string of the molecule is CC(C)(C)[N+]1(C(=O)O)CCC[C@H]1C(=O)Nc1ccc(Cl)c(N)c1. The summed E-state index contributed by atoms with van der Waals surface area (Å²) in [6.07, 6.45) is 0.272. The summed E-state index contributed by atoms with van der Waals surface area (Å²) in [5, 5.41) is 13.0. The van der Waals surface area contributed by atoms with Gasteiger partial charge >= 0.3 is 6.09 Å². The first kappa shape index (κ1) is 17.6. The van der Waals surface area contributed by atoms with E-state index in [4.69, 9.17) is 17.3 Å². The van der Waals surface area contributed by atoms with Crippen LogP contribution in [0.5, 0.6) is 0 Å². The molecule has 0 aliphatic carbocycles. The van der Waals surface area contributed by atoms with Gasteiger partial charge in [0.1, 0.15) is 5.54 Å². The molecule has 2 amide bonds. The van der Waals surface area contributed by atoms with Crippen molar-refractivity contribution in [3.8, 4) is 0 Å². The first-order valence-electron chi connectivity index (χ1n) is 7.57. The van der Waals surface area contributed by atoms with Gasteiger partial charge in [0.25, 0.3) is 5.91 Å². The molecule has 4 N–H and O–H groups in total. The highest BCUT2D eigenvalue weighted by atomic mass is 35.5. The van der Waals surface area contributed by atoms with Gasteiger partial charge in [0, 0.05) is 18.5 Å². The minimum Gasteiger partial charge on any atom is -0.435 e. The van der Waals surface area contributed by atoms with Crippen LogP contribution in [0.3, 0.4) is 0 Å². The van der Waals surface area contributed by atoms with E-state index in [9.17, 15) is 14.7 Å². The molecule has 1 saturated heterocycles. The Kier molecular flexibility index (Phi) is 4.59. The molecule has 1 fully saturated rings. The van der Waals surface area contributed by atoms with Gasteiger partial charge in [0.05, 0.1) is 17.3 Å². The molecule has 0 aromatic heterocycles. The summed E-state index contributed by atoms with van der Waals surface area (Å²) in [6, 6.07) is 4.19. The summed E-state index contributed by atoms with van der Waals surface area (Å²) in [7, 11) is 0. The molecule has 1 unspecified atom stereocenters. The number of carboxylic acid groups (broad SMARTS) is 1. The summed E-state index contributed by atoms with van der Waals surface area (Å²) in [6.45, 7) is 6.01. The second-order valence-corrected chi connectivity index (χ2v) is 7.34. The van der Waals surface area contributed by atoms with Crippen molar-refractivity contribution in [2.24, 2.45) is 0 Å². The molecule has 2 rings (SSSR count). The zero-order valence-corrected chi connectivity index (χ0v) is 14.4. The van der Waals surface area contributed by atoms with Gasteiger partial charge in [-0.25, -0.2) is 4.48 Å². The van der Waals surface area contributed by atoms with E-state index in [2.05, 4.69) is 5.32 Å². The predicted molar refractivity (Wildman–Crippen MR) is 90.4 cm³/mol. The van der Waals surface area contributed by atoms with Crippen LogP contribution in [0, 0.1) is 0 Å². The topological polar surface area (TPSA) is 92.4 Å². The third-order valence-electron chi connectivity index (χ3n) is 4.63. The number of hydrogen-bond acceptors (Lipinski definition) is 3. The molecule has 0 saturated carbocycles. The number of nitrogens with zero attached hydrogens (tertiary/aromatic N) is 1. The number of nitrogen functional groups attached to an aromatic ring is 1. The summed E-state index contributed by atoms with van der Waals surface area (Å²) in [5.41, 5.74) is 6.04. The quantitative estimate of drug-likeness (QED) is 0.568. The van der Waals surface area contributed by atoms with Crippen LogP contribution in [0.15, 0.2) is 18.2 Å². The fraction of sp³-hybridized carbons (Fsp3) is 0.500. The molecule has 2 atom stereocenters. The Labute approximate surface area is 140 Å². The number of carbonyl (C=O) groups excluding carboxylic acids is 1. The Bertz CT molecular complexity index is 642. The number of amides is 2. The van der Waals surface area contributed by atoms with Crippen molar-refractivity contribution in [2.75, 3.05) is 17.6 Å². The van der Waals surface area contributed by atoms with Crippen LogP contribution >= 0.6 is 11.6 Å². The molecule has 1 aliphatic rings. The molecule has 0 spiro atoms. The van der Waals surface area contributed by atoms with Crippen LogP contribution in [0.1, 0.15) is 33.6 Å². The normalized spacial score (nSPS) is 24.4. The van der Waals surface area contributed by atoms with Crippen LogP contribution in [0.25, 0.3) is 0 Å². The van der Waals surface area contributed by atoms with E-state index in [1.807, 2.05) is 20.8 Å². The number of benzene rings is 1. The lowest BCUT2D eigenvalue weighted by Crippen LogP contribution is -2.68. The van der Waals surface area contributed by atoms with Crippen molar-refractivity contribution in [1.29, 1.82) is 0 Å². The van der Waals surface area contributed by atoms with Crippen molar-refractivity contribution < 1.29 is 19.2 Å². The van der Waals surface area contributed by atoms with Crippen molar-refractivity contribution in [2.45, 2.75) is 45.2 Å². The largest absolute Gasteiger partial charge is 0.514 e. The predicted octanol–water partition coefficient (Wildman–Crippen LogP) is 3.32. The van der Waals surface area contributed by atoms with E-state index in [-0.39, 0.29) is 10.4 Å². The molecule has 1 aromatic rings. The number of nitrogens with two attached hydrogens (primary N) is 1. The first-order chi connectivity index (χ1) is 10.6. The third kappa shape index (κ3) is 3.01. The maximum Gasteiger partial charge on any atom is 0.514 e. The van der Waals surface area contributed by atoms with Crippen LogP contribution in [0.4, 0.5) is 16.2 Å². The van der Waals surface area contributed by atoms with E-state index in [1.54, 1.807) is 18.2 Å². The summed E-state index contributed by atoms with van der Waals surface area (Å²) < 4.78 is -0.262. The lowest BCUT2D eigenvalue weighted by Gasteiger charge is -2.43. The van der Waals surface area contributed by atoms with E-state index in [0.717, 1.165) is 0 Å². The average Bonchev–Trinajstić information content (AvgIpc) is 2.88. The van der Waals surface area contributed by atoms with Crippen LogP contribution < -0.4 is 11.1 Å². The van der Waals surface area contributed by atoms with E-state index >= 15 is 0 Å². The molecule has 1 aromatic carbocycles. The summed E-state index contributed by atoms with van der Waals surface area (Å²) >= 11 is 5.87. The Balaban J connectivity index is 2.30. The second kappa shape index (κ2) is 6.02. The molecular weight excluding hydrogens is 318 g/mol. The standard InChI is InChI=1S/C16H22ClN3O3/c1-16(2,3)20(15(22)23)8-4-5-13(20)14(21)19-10-6-7-11(17)12(18)9-10/h6-7,9,13H,4-5,8,18H2,1-3H3,(H-,19,21,22,23)/p+1/t13-,20?/m0/s1. The third-order valence-corrected chi connectivity index (χ3v) is 4.97. The van der Waals surface area contributed by atoms with Crippen molar-refractivity contribution >= 4 is 35.0 Å². The number of quaternary nitrogens is 1. The number of halogens is 1. The van der Waals surface area contributed by atoms with Crippen molar-refractivity contribution in [3.63, 3.8) is 0 Å². The highest BCUT2D eigenvalue weighted by Gasteiger charge is 2.59. The van der Waals surface area contributed by atoms with E-state index < -0.39 is 17.7 Å². The number of rotatable bonds is 2. The number of nitrogens with one attached hydrogen (secondary N) is 1. The minimum absolute atomic E-state index is 0.262. The number of carbonyl (C=O) groups is 2. The number of anilines is 2. The second-order valence-electron chi connectivity index (χ2n) is 6.93.